The molecular formula is C19H30N4. The number of rotatable bonds is 8. The molecule has 0 aliphatic carbocycles. The molecule has 1 unspecified atom stereocenters. The van der Waals surface area contributed by atoms with E-state index in [4.69, 9.17) is 0 Å². The van der Waals surface area contributed by atoms with Gasteiger partial charge in [0.05, 0.1) is 17.4 Å². The summed E-state index contributed by atoms with van der Waals surface area (Å²) in [5.41, 5.74) is 2.39. The maximum absolute atomic E-state index is 4.61. The van der Waals surface area contributed by atoms with Crippen molar-refractivity contribution in [3.05, 3.63) is 30.6 Å². The Morgan fingerprint density at radius 3 is 2.61 bits per heavy atom. The molecule has 0 spiro atoms. The molecule has 1 atom stereocenters. The van der Waals surface area contributed by atoms with E-state index in [0.717, 1.165) is 31.7 Å². The summed E-state index contributed by atoms with van der Waals surface area (Å²) < 4.78 is 2.41. The van der Waals surface area contributed by atoms with Crippen molar-refractivity contribution in [3.63, 3.8) is 0 Å². The van der Waals surface area contributed by atoms with Crippen molar-refractivity contribution in [2.75, 3.05) is 39.3 Å². The largest absolute Gasteiger partial charge is 0.326 e. The van der Waals surface area contributed by atoms with Crippen molar-refractivity contribution >= 4 is 11.0 Å². The highest BCUT2D eigenvalue weighted by Gasteiger charge is 2.20. The second-order valence-electron chi connectivity index (χ2n) is 6.62. The van der Waals surface area contributed by atoms with E-state index in [9.17, 15) is 0 Å². The van der Waals surface area contributed by atoms with Crippen LogP contribution in [-0.2, 0) is 0 Å². The van der Waals surface area contributed by atoms with Crippen molar-refractivity contribution in [1.82, 2.24) is 19.4 Å². The fourth-order valence-electron chi connectivity index (χ4n) is 3.72. The SMILES string of the molecule is CCN(CC)CCC(CN1CCCC1)n1cnc2ccccc21. The third-order valence-corrected chi connectivity index (χ3v) is 5.22. The molecule has 4 nitrogen and oxygen atoms in total. The van der Waals surface area contributed by atoms with Crippen molar-refractivity contribution in [2.45, 2.75) is 39.2 Å². The van der Waals surface area contributed by atoms with Crippen LogP contribution in [0.2, 0.25) is 0 Å². The van der Waals surface area contributed by atoms with Gasteiger partial charge in [0, 0.05) is 19.1 Å². The topological polar surface area (TPSA) is 24.3 Å². The predicted molar refractivity (Wildman–Crippen MR) is 96.8 cm³/mol. The van der Waals surface area contributed by atoms with Crippen LogP contribution in [0.15, 0.2) is 30.6 Å². The van der Waals surface area contributed by atoms with Crippen LogP contribution in [0.4, 0.5) is 0 Å². The first-order valence-corrected chi connectivity index (χ1v) is 9.18. The number of benzene rings is 1. The molecular weight excluding hydrogens is 284 g/mol. The lowest BCUT2D eigenvalue weighted by Gasteiger charge is -2.27. The van der Waals surface area contributed by atoms with Gasteiger partial charge in [0.15, 0.2) is 0 Å². The zero-order chi connectivity index (χ0) is 16.1. The summed E-state index contributed by atoms with van der Waals surface area (Å²) in [5, 5.41) is 0. The Bertz CT molecular complexity index is 596. The minimum absolute atomic E-state index is 0.515. The van der Waals surface area contributed by atoms with Gasteiger partial charge in [0.1, 0.15) is 0 Å². The monoisotopic (exact) mass is 314 g/mol. The van der Waals surface area contributed by atoms with E-state index in [1.165, 1.54) is 37.9 Å². The summed E-state index contributed by atoms with van der Waals surface area (Å²) in [6.45, 7) is 11.6. The lowest BCUT2D eigenvalue weighted by Crippen LogP contribution is -2.32. The first kappa shape index (κ1) is 16.5. The van der Waals surface area contributed by atoms with Crippen molar-refractivity contribution in [2.24, 2.45) is 0 Å². The highest BCUT2D eigenvalue weighted by Crippen LogP contribution is 2.23. The Balaban J connectivity index is 1.78. The highest BCUT2D eigenvalue weighted by molar-refractivity contribution is 5.75. The number of imidazole rings is 1. The minimum Gasteiger partial charge on any atom is -0.326 e. The van der Waals surface area contributed by atoms with Crippen LogP contribution >= 0.6 is 0 Å². The summed E-state index contributed by atoms with van der Waals surface area (Å²) in [6.07, 6.45) is 5.95. The Hall–Kier alpha value is -1.39. The molecule has 23 heavy (non-hydrogen) atoms. The molecule has 2 aromatic rings. The molecule has 4 heteroatoms. The first-order valence-electron chi connectivity index (χ1n) is 9.18. The number of fused-ring (bicyclic) bond motifs is 1. The quantitative estimate of drug-likeness (QED) is 0.746. The summed E-state index contributed by atoms with van der Waals surface area (Å²) in [6, 6.07) is 9.03. The molecule has 0 bridgehead atoms. The second-order valence-corrected chi connectivity index (χ2v) is 6.62. The normalized spacial score (nSPS) is 17.3. The lowest BCUT2D eigenvalue weighted by molar-refractivity contribution is 0.233. The van der Waals surface area contributed by atoms with Gasteiger partial charge in [0.25, 0.3) is 0 Å². The number of likely N-dealkylation sites (tertiary alicyclic amines) is 1. The standard InChI is InChI=1S/C19H30N4/c1-3-21(4-2)14-11-17(15-22-12-7-8-13-22)23-16-20-18-9-5-6-10-19(18)23/h5-6,9-10,16-17H,3-4,7-8,11-15H2,1-2H3. The van der Waals surface area contributed by atoms with E-state index < -0.39 is 0 Å². The molecule has 0 amide bonds. The van der Waals surface area contributed by atoms with E-state index in [1.807, 2.05) is 6.33 Å². The molecule has 126 valence electrons. The molecule has 1 fully saturated rings. The smallest absolute Gasteiger partial charge is 0.0961 e. The molecule has 1 aromatic carbocycles. The number of aromatic nitrogens is 2. The van der Waals surface area contributed by atoms with Crippen LogP contribution < -0.4 is 0 Å². The van der Waals surface area contributed by atoms with Gasteiger partial charge in [-0.15, -0.1) is 0 Å². The molecule has 1 aromatic heterocycles. The number of para-hydroxylation sites is 2. The van der Waals surface area contributed by atoms with Crippen LogP contribution in [0.1, 0.15) is 39.2 Å². The second kappa shape index (κ2) is 7.93. The average molecular weight is 314 g/mol. The fraction of sp³-hybridized carbons (Fsp3) is 0.632. The Morgan fingerprint density at radius 1 is 1.13 bits per heavy atom. The maximum atomic E-state index is 4.61. The lowest BCUT2D eigenvalue weighted by atomic mass is 10.1. The summed E-state index contributed by atoms with van der Waals surface area (Å²) >= 11 is 0. The summed E-state index contributed by atoms with van der Waals surface area (Å²) in [7, 11) is 0. The zero-order valence-electron chi connectivity index (χ0n) is 14.6. The van der Waals surface area contributed by atoms with Gasteiger partial charge < -0.3 is 14.4 Å². The van der Waals surface area contributed by atoms with Gasteiger partial charge in [0.2, 0.25) is 0 Å². The molecule has 0 radical (unpaired) electrons. The predicted octanol–water partition coefficient (Wildman–Crippen LogP) is 3.41. The summed E-state index contributed by atoms with van der Waals surface area (Å²) in [5.74, 6) is 0. The van der Waals surface area contributed by atoms with E-state index in [-0.39, 0.29) is 0 Å². The van der Waals surface area contributed by atoms with Gasteiger partial charge >= 0.3 is 0 Å². The van der Waals surface area contributed by atoms with Crippen molar-refractivity contribution in [3.8, 4) is 0 Å². The van der Waals surface area contributed by atoms with Crippen molar-refractivity contribution < 1.29 is 0 Å². The van der Waals surface area contributed by atoms with Crippen molar-refractivity contribution in [1.29, 1.82) is 0 Å². The van der Waals surface area contributed by atoms with Crippen LogP contribution in [0.3, 0.4) is 0 Å². The van der Waals surface area contributed by atoms with Gasteiger partial charge in [-0.2, -0.15) is 0 Å². The molecule has 2 heterocycles. The van der Waals surface area contributed by atoms with E-state index >= 15 is 0 Å². The Kier molecular flexibility index (Phi) is 5.68. The fourth-order valence-corrected chi connectivity index (χ4v) is 3.72. The Labute approximate surface area is 140 Å². The van der Waals surface area contributed by atoms with Gasteiger partial charge in [-0.3, -0.25) is 0 Å². The molecule has 1 aliphatic heterocycles. The van der Waals surface area contributed by atoms with Crippen LogP contribution in [0, 0.1) is 0 Å². The number of hydrogen-bond acceptors (Lipinski definition) is 3. The van der Waals surface area contributed by atoms with Gasteiger partial charge in [-0.25, -0.2) is 4.98 Å². The third kappa shape index (κ3) is 3.93. The van der Waals surface area contributed by atoms with E-state index in [0.29, 0.717) is 6.04 Å². The van der Waals surface area contributed by atoms with Gasteiger partial charge in [-0.1, -0.05) is 26.0 Å². The number of nitrogens with zero attached hydrogens (tertiary/aromatic N) is 4. The van der Waals surface area contributed by atoms with E-state index in [2.05, 4.69) is 57.5 Å². The minimum atomic E-state index is 0.515. The maximum Gasteiger partial charge on any atom is 0.0961 e. The van der Waals surface area contributed by atoms with E-state index in [1.54, 1.807) is 0 Å². The highest BCUT2D eigenvalue weighted by atomic mass is 15.2. The van der Waals surface area contributed by atoms with Crippen LogP contribution in [0.25, 0.3) is 11.0 Å². The molecule has 1 aliphatic rings. The van der Waals surface area contributed by atoms with Crippen LogP contribution in [-0.4, -0.2) is 58.6 Å². The van der Waals surface area contributed by atoms with Crippen LogP contribution in [0.5, 0.6) is 0 Å². The Morgan fingerprint density at radius 2 is 1.87 bits per heavy atom. The number of hydrogen-bond donors (Lipinski definition) is 0. The first-order chi connectivity index (χ1) is 11.3. The third-order valence-electron chi connectivity index (χ3n) is 5.22. The molecule has 1 saturated heterocycles. The summed E-state index contributed by atoms with van der Waals surface area (Å²) in [4.78, 5) is 9.76. The molecule has 0 N–H and O–H groups in total. The average Bonchev–Trinajstić information content (AvgIpc) is 3.24. The van der Waals surface area contributed by atoms with Gasteiger partial charge in [-0.05, 0) is 57.6 Å². The molecule has 3 rings (SSSR count). The molecule has 0 saturated carbocycles. The zero-order valence-corrected chi connectivity index (χ0v) is 14.6.